The number of hydrogen-bond acceptors (Lipinski definition) is 4. The summed E-state index contributed by atoms with van der Waals surface area (Å²) in [7, 11) is 0. The molecule has 2 aromatic carbocycles. The number of ketones is 1. The minimum Gasteiger partial charge on any atom is -0.493 e. The molecule has 2 aliphatic rings. The van der Waals surface area contributed by atoms with Gasteiger partial charge in [-0.05, 0) is 45.6 Å². The van der Waals surface area contributed by atoms with E-state index in [1.54, 1.807) is 6.07 Å². The Morgan fingerprint density at radius 3 is 2.80 bits per heavy atom. The van der Waals surface area contributed by atoms with E-state index in [9.17, 15) is 14.0 Å². The highest BCUT2D eigenvalue weighted by atomic mass is 79.9. The Morgan fingerprint density at radius 2 is 2.00 bits per heavy atom. The molecule has 5 rings (SSSR count). The molecule has 7 heteroatoms. The molecule has 1 amide bonds. The predicted molar refractivity (Wildman–Crippen MR) is 113 cm³/mol. The molecule has 1 N–H and O–H groups in total. The van der Waals surface area contributed by atoms with Gasteiger partial charge in [0.25, 0.3) is 5.91 Å². The van der Waals surface area contributed by atoms with Crippen molar-refractivity contribution in [2.75, 3.05) is 6.61 Å². The number of hydrogen-bond donors (Lipinski definition) is 1. The van der Waals surface area contributed by atoms with Crippen molar-refractivity contribution in [3.8, 4) is 5.75 Å². The summed E-state index contributed by atoms with van der Waals surface area (Å²) < 4.78 is 20.0. The zero-order valence-electron chi connectivity index (χ0n) is 16.0. The summed E-state index contributed by atoms with van der Waals surface area (Å²) in [6, 6.07) is 10.5. The number of ether oxygens (including phenoxy) is 1. The number of benzene rings is 2. The first kappa shape index (κ1) is 19.2. The Balaban J connectivity index is 1.55. The summed E-state index contributed by atoms with van der Waals surface area (Å²) in [5.41, 5.74) is 2.59. The predicted octanol–water partition coefficient (Wildman–Crippen LogP) is 4.84. The molecule has 0 saturated heterocycles. The zero-order chi connectivity index (χ0) is 20.8. The molecule has 3 aromatic rings. The molecular weight excluding hydrogens is 451 g/mol. The molecule has 1 atom stereocenters. The summed E-state index contributed by atoms with van der Waals surface area (Å²) in [5.74, 6) is 0.205. The second-order valence-electron chi connectivity index (χ2n) is 7.69. The fourth-order valence-corrected chi connectivity index (χ4v) is 4.72. The van der Waals surface area contributed by atoms with Crippen LogP contribution in [0.15, 0.2) is 47.1 Å². The van der Waals surface area contributed by atoms with Gasteiger partial charge in [0.15, 0.2) is 0 Å². The van der Waals surface area contributed by atoms with E-state index in [0.29, 0.717) is 42.3 Å². The van der Waals surface area contributed by atoms with E-state index in [-0.39, 0.29) is 28.1 Å². The van der Waals surface area contributed by atoms with Gasteiger partial charge in [-0.2, -0.15) is 0 Å². The third kappa shape index (κ3) is 3.17. The summed E-state index contributed by atoms with van der Waals surface area (Å²) in [6.07, 6.45) is 2.92. The highest BCUT2D eigenvalue weighted by Gasteiger charge is 2.34. The third-order valence-electron chi connectivity index (χ3n) is 5.84. The maximum atomic E-state index is 14.0. The van der Waals surface area contributed by atoms with Gasteiger partial charge < -0.3 is 10.1 Å². The SMILES string of the molecule is O=C1CC(c2c(C(=O)N[C@H]3CCOc4ccccc43)cnc3c(Br)c(F)ccc23)C1. The maximum Gasteiger partial charge on any atom is 0.253 e. The van der Waals surface area contributed by atoms with Crippen molar-refractivity contribution in [1.29, 1.82) is 0 Å². The van der Waals surface area contributed by atoms with Gasteiger partial charge in [-0.1, -0.05) is 18.2 Å². The van der Waals surface area contributed by atoms with Crippen molar-refractivity contribution in [3.05, 3.63) is 69.6 Å². The van der Waals surface area contributed by atoms with Crippen molar-refractivity contribution in [2.45, 2.75) is 31.2 Å². The van der Waals surface area contributed by atoms with Crippen molar-refractivity contribution in [1.82, 2.24) is 10.3 Å². The number of pyridine rings is 1. The lowest BCUT2D eigenvalue weighted by Gasteiger charge is -2.29. The van der Waals surface area contributed by atoms with E-state index in [4.69, 9.17) is 4.74 Å². The smallest absolute Gasteiger partial charge is 0.253 e. The van der Waals surface area contributed by atoms with E-state index in [0.717, 1.165) is 16.9 Å². The van der Waals surface area contributed by atoms with Crippen LogP contribution in [0.4, 0.5) is 4.39 Å². The van der Waals surface area contributed by atoms with Gasteiger partial charge in [0.05, 0.1) is 28.2 Å². The van der Waals surface area contributed by atoms with Crippen LogP contribution in [-0.2, 0) is 4.79 Å². The van der Waals surface area contributed by atoms with Gasteiger partial charge in [0.1, 0.15) is 17.3 Å². The molecular formula is C23H18BrFN2O3. The molecule has 0 radical (unpaired) electrons. The average Bonchev–Trinajstić information content (AvgIpc) is 2.73. The molecule has 152 valence electrons. The van der Waals surface area contributed by atoms with Crippen molar-refractivity contribution >= 4 is 38.5 Å². The van der Waals surface area contributed by atoms with Crippen LogP contribution < -0.4 is 10.1 Å². The van der Waals surface area contributed by atoms with Crippen LogP contribution in [0.3, 0.4) is 0 Å². The Kier molecular flexibility index (Phi) is 4.77. The number of carbonyl (C=O) groups is 2. The van der Waals surface area contributed by atoms with Crippen LogP contribution in [0.1, 0.15) is 52.7 Å². The Morgan fingerprint density at radius 1 is 1.20 bits per heavy atom. The molecule has 0 bridgehead atoms. The van der Waals surface area contributed by atoms with E-state index in [2.05, 4.69) is 26.2 Å². The van der Waals surface area contributed by atoms with Gasteiger partial charge in [-0.25, -0.2) is 4.39 Å². The first-order valence-corrected chi connectivity index (χ1v) is 10.6. The van der Waals surface area contributed by atoms with Gasteiger partial charge in [-0.3, -0.25) is 14.6 Å². The minimum absolute atomic E-state index is 0.0666. The molecule has 2 heterocycles. The zero-order valence-corrected chi connectivity index (χ0v) is 17.5. The van der Waals surface area contributed by atoms with E-state index in [1.807, 2.05) is 24.3 Å². The van der Waals surface area contributed by atoms with E-state index < -0.39 is 5.82 Å². The molecule has 5 nitrogen and oxygen atoms in total. The monoisotopic (exact) mass is 468 g/mol. The molecule has 1 aromatic heterocycles. The molecule has 1 aliphatic heterocycles. The van der Waals surface area contributed by atoms with Gasteiger partial charge in [-0.15, -0.1) is 0 Å². The van der Waals surface area contributed by atoms with Crippen LogP contribution >= 0.6 is 15.9 Å². The standard InChI is InChI=1S/C23H18BrFN2O3/c24-21-17(25)6-5-15-20(12-9-13(28)10-12)16(11-26-22(15)21)23(29)27-18-7-8-30-19-4-2-1-3-14(18)19/h1-6,11-12,18H,7-10H2,(H,27,29)/t18-/m0/s1. The number of carbonyl (C=O) groups excluding carboxylic acids is 2. The van der Waals surface area contributed by atoms with E-state index >= 15 is 0 Å². The summed E-state index contributed by atoms with van der Waals surface area (Å²) in [4.78, 5) is 29.3. The Hall–Kier alpha value is -2.80. The minimum atomic E-state index is -0.415. The van der Waals surface area contributed by atoms with Crippen LogP contribution in [0, 0.1) is 5.82 Å². The van der Waals surface area contributed by atoms with Crippen LogP contribution in [-0.4, -0.2) is 23.3 Å². The molecule has 0 unspecified atom stereocenters. The third-order valence-corrected chi connectivity index (χ3v) is 6.59. The van der Waals surface area contributed by atoms with E-state index in [1.165, 1.54) is 12.3 Å². The highest BCUT2D eigenvalue weighted by molar-refractivity contribution is 9.10. The second-order valence-corrected chi connectivity index (χ2v) is 8.48. The number of aromatic nitrogens is 1. The number of nitrogens with one attached hydrogen (secondary N) is 1. The fraction of sp³-hybridized carbons (Fsp3) is 0.261. The Bertz CT molecular complexity index is 1190. The fourth-order valence-electron chi connectivity index (χ4n) is 4.27. The lowest BCUT2D eigenvalue weighted by atomic mass is 9.76. The number of amides is 1. The summed E-state index contributed by atoms with van der Waals surface area (Å²) in [5, 5.41) is 3.80. The second kappa shape index (κ2) is 7.47. The van der Waals surface area contributed by atoms with Crippen LogP contribution in [0.5, 0.6) is 5.75 Å². The summed E-state index contributed by atoms with van der Waals surface area (Å²) >= 11 is 3.26. The number of nitrogens with zero attached hydrogens (tertiary/aromatic N) is 1. The van der Waals surface area contributed by atoms with Crippen LogP contribution in [0.2, 0.25) is 0 Å². The molecule has 1 saturated carbocycles. The Labute approximate surface area is 180 Å². The van der Waals surface area contributed by atoms with Gasteiger partial charge >= 0.3 is 0 Å². The maximum absolute atomic E-state index is 14.0. The largest absolute Gasteiger partial charge is 0.493 e. The normalized spacial score (nSPS) is 18.5. The van der Waals surface area contributed by atoms with Crippen LogP contribution in [0.25, 0.3) is 10.9 Å². The molecule has 1 aliphatic carbocycles. The lowest BCUT2D eigenvalue weighted by molar-refractivity contribution is -0.124. The molecule has 0 spiro atoms. The van der Waals surface area contributed by atoms with Gasteiger partial charge in [0, 0.05) is 36.4 Å². The summed E-state index contributed by atoms with van der Waals surface area (Å²) in [6.45, 7) is 0.522. The number of para-hydroxylation sites is 1. The highest BCUT2D eigenvalue weighted by Crippen LogP contribution is 2.41. The number of fused-ring (bicyclic) bond motifs is 2. The van der Waals surface area contributed by atoms with Crippen molar-refractivity contribution < 1.29 is 18.7 Å². The topological polar surface area (TPSA) is 68.3 Å². The quantitative estimate of drug-likeness (QED) is 0.597. The van der Waals surface area contributed by atoms with Crippen molar-refractivity contribution in [3.63, 3.8) is 0 Å². The molecule has 1 fully saturated rings. The average molecular weight is 469 g/mol. The van der Waals surface area contributed by atoms with Crippen molar-refractivity contribution in [2.24, 2.45) is 0 Å². The number of rotatable bonds is 3. The first-order chi connectivity index (χ1) is 14.5. The number of halogens is 2. The lowest BCUT2D eigenvalue weighted by Crippen LogP contribution is -2.34. The van der Waals surface area contributed by atoms with Gasteiger partial charge in [0.2, 0.25) is 0 Å². The first-order valence-electron chi connectivity index (χ1n) is 9.84. The molecule has 30 heavy (non-hydrogen) atoms. The number of Topliss-reactive ketones (excluding diaryl/α,β-unsaturated/α-hetero) is 1.